The van der Waals surface area contributed by atoms with Crippen molar-refractivity contribution in [2.24, 2.45) is 0 Å². The van der Waals surface area contributed by atoms with Crippen LogP contribution in [0.2, 0.25) is 0 Å². The molecule has 1 amide bonds. The lowest BCUT2D eigenvalue weighted by Crippen LogP contribution is -2.35. The Labute approximate surface area is 171 Å². The quantitative estimate of drug-likeness (QED) is 0.678. The van der Waals surface area contributed by atoms with E-state index in [-0.39, 0.29) is 23.1 Å². The first-order valence-corrected chi connectivity index (χ1v) is 11.1. The summed E-state index contributed by atoms with van der Waals surface area (Å²) in [6.45, 7) is 2.58. The minimum Gasteiger partial charge on any atom is -0.376 e. The molecule has 0 aliphatic carbocycles. The lowest BCUT2D eigenvalue weighted by Gasteiger charge is -2.26. The van der Waals surface area contributed by atoms with Gasteiger partial charge in [0.25, 0.3) is 0 Å². The molecule has 1 aliphatic heterocycles. The SMILES string of the molecule is CC(=O)c1ccc(NCC(=O)Nc2cccc(S(=O)(=O)N3CCCCC3)c2)cc1. The van der Waals surface area contributed by atoms with Gasteiger partial charge in [-0.2, -0.15) is 4.31 Å². The Morgan fingerprint density at radius 3 is 2.31 bits per heavy atom. The van der Waals surface area contributed by atoms with Crippen LogP contribution in [0.3, 0.4) is 0 Å². The number of piperidine rings is 1. The van der Waals surface area contributed by atoms with Gasteiger partial charge in [-0.25, -0.2) is 8.42 Å². The zero-order chi connectivity index (χ0) is 20.9. The van der Waals surface area contributed by atoms with Gasteiger partial charge in [-0.15, -0.1) is 0 Å². The van der Waals surface area contributed by atoms with Crippen LogP contribution in [0.4, 0.5) is 11.4 Å². The predicted molar refractivity (Wildman–Crippen MR) is 113 cm³/mol. The van der Waals surface area contributed by atoms with Crippen molar-refractivity contribution in [2.75, 3.05) is 30.3 Å². The number of Topliss-reactive ketones (excluding diaryl/α,β-unsaturated/α-hetero) is 1. The molecule has 8 heteroatoms. The summed E-state index contributed by atoms with van der Waals surface area (Å²) in [5, 5.41) is 5.70. The van der Waals surface area contributed by atoms with Crippen LogP contribution in [0.25, 0.3) is 0 Å². The Morgan fingerprint density at radius 1 is 0.966 bits per heavy atom. The van der Waals surface area contributed by atoms with E-state index < -0.39 is 10.0 Å². The van der Waals surface area contributed by atoms with E-state index in [1.54, 1.807) is 42.5 Å². The summed E-state index contributed by atoms with van der Waals surface area (Å²) < 4.78 is 27.1. The Kier molecular flexibility index (Phi) is 6.66. The topological polar surface area (TPSA) is 95.6 Å². The molecule has 1 fully saturated rings. The zero-order valence-electron chi connectivity index (χ0n) is 16.3. The van der Waals surface area contributed by atoms with Gasteiger partial charge in [0.05, 0.1) is 11.4 Å². The molecule has 1 saturated heterocycles. The molecule has 3 rings (SSSR count). The van der Waals surface area contributed by atoms with Crippen LogP contribution in [0.15, 0.2) is 53.4 Å². The summed E-state index contributed by atoms with van der Waals surface area (Å²) in [5.41, 5.74) is 1.75. The Bertz CT molecular complexity index is 981. The number of carbonyl (C=O) groups excluding carboxylic acids is 2. The van der Waals surface area contributed by atoms with Crippen LogP contribution < -0.4 is 10.6 Å². The van der Waals surface area contributed by atoms with Crippen molar-refractivity contribution in [3.05, 3.63) is 54.1 Å². The normalized spacial score (nSPS) is 14.9. The maximum Gasteiger partial charge on any atom is 0.243 e. The number of hydrogen-bond acceptors (Lipinski definition) is 5. The van der Waals surface area contributed by atoms with Crippen molar-refractivity contribution in [1.82, 2.24) is 4.31 Å². The average Bonchev–Trinajstić information content (AvgIpc) is 2.73. The number of anilines is 2. The van der Waals surface area contributed by atoms with E-state index in [0.717, 1.165) is 19.3 Å². The maximum atomic E-state index is 12.8. The number of ketones is 1. The number of carbonyl (C=O) groups is 2. The van der Waals surface area contributed by atoms with Gasteiger partial charge in [0.2, 0.25) is 15.9 Å². The molecule has 1 heterocycles. The number of nitrogens with one attached hydrogen (secondary N) is 2. The van der Waals surface area contributed by atoms with E-state index in [0.29, 0.717) is 30.0 Å². The molecule has 154 valence electrons. The van der Waals surface area contributed by atoms with E-state index in [4.69, 9.17) is 0 Å². The van der Waals surface area contributed by atoms with Gasteiger partial charge in [-0.05, 0) is 62.2 Å². The van der Waals surface area contributed by atoms with Crippen LogP contribution in [-0.2, 0) is 14.8 Å². The number of benzene rings is 2. The van der Waals surface area contributed by atoms with Crippen LogP contribution in [0, 0.1) is 0 Å². The molecular formula is C21H25N3O4S. The lowest BCUT2D eigenvalue weighted by molar-refractivity contribution is -0.114. The van der Waals surface area contributed by atoms with Crippen molar-refractivity contribution in [3.63, 3.8) is 0 Å². The van der Waals surface area contributed by atoms with E-state index in [2.05, 4.69) is 10.6 Å². The maximum absolute atomic E-state index is 12.8. The summed E-state index contributed by atoms with van der Waals surface area (Å²) in [6, 6.07) is 13.2. The van der Waals surface area contributed by atoms with E-state index >= 15 is 0 Å². The molecule has 0 spiro atoms. The van der Waals surface area contributed by atoms with Crippen molar-refractivity contribution in [1.29, 1.82) is 0 Å². The molecule has 7 nitrogen and oxygen atoms in total. The minimum atomic E-state index is -3.55. The molecule has 0 unspecified atom stereocenters. The first kappa shape index (κ1) is 21.0. The van der Waals surface area contributed by atoms with Crippen molar-refractivity contribution < 1.29 is 18.0 Å². The minimum absolute atomic E-state index is 0.0164. The highest BCUT2D eigenvalue weighted by Gasteiger charge is 2.26. The summed E-state index contributed by atoms with van der Waals surface area (Å²) in [7, 11) is -3.55. The Morgan fingerprint density at radius 2 is 1.66 bits per heavy atom. The van der Waals surface area contributed by atoms with Gasteiger partial charge in [-0.3, -0.25) is 9.59 Å². The number of hydrogen-bond donors (Lipinski definition) is 2. The zero-order valence-corrected chi connectivity index (χ0v) is 17.2. The highest BCUT2D eigenvalue weighted by molar-refractivity contribution is 7.89. The Balaban J connectivity index is 1.60. The predicted octanol–water partition coefficient (Wildman–Crippen LogP) is 3.11. The van der Waals surface area contributed by atoms with Crippen LogP contribution in [0.1, 0.15) is 36.5 Å². The number of nitrogens with zero attached hydrogens (tertiary/aromatic N) is 1. The standard InChI is InChI=1S/C21H25N3O4S/c1-16(25)17-8-10-18(11-9-17)22-15-21(26)23-19-6-5-7-20(14-19)29(27,28)24-12-3-2-4-13-24/h5-11,14,22H,2-4,12-13,15H2,1H3,(H,23,26). The molecule has 0 radical (unpaired) electrons. The van der Waals surface area contributed by atoms with E-state index in [1.165, 1.54) is 17.3 Å². The summed E-state index contributed by atoms with van der Waals surface area (Å²) in [4.78, 5) is 23.7. The molecule has 0 bridgehead atoms. The second kappa shape index (κ2) is 9.19. The van der Waals surface area contributed by atoms with Gasteiger partial charge < -0.3 is 10.6 Å². The third-order valence-corrected chi connectivity index (χ3v) is 6.71. The average molecular weight is 416 g/mol. The highest BCUT2D eigenvalue weighted by Crippen LogP contribution is 2.23. The molecule has 2 N–H and O–H groups in total. The second-order valence-corrected chi connectivity index (χ2v) is 8.97. The summed E-state index contributed by atoms with van der Waals surface area (Å²) >= 11 is 0. The molecule has 1 aliphatic rings. The van der Waals surface area contributed by atoms with Crippen LogP contribution >= 0.6 is 0 Å². The Hall–Kier alpha value is -2.71. The molecule has 2 aromatic carbocycles. The largest absolute Gasteiger partial charge is 0.376 e. The third-order valence-electron chi connectivity index (χ3n) is 4.82. The smallest absolute Gasteiger partial charge is 0.243 e. The van der Waals surface area contributed by atoms with Crippen LogP contribution in [0.5, 0.6) is 0 Å². The first-order valence-electron chi connectivity index (χ1n) is 9.61. The van der Waals surface area contributed by atoms with Crippen molar-refractivity contribution in [3.8, 4) is 0 Å². The van der Waals surface area contributed by atoms with Gasteiger partial charge in [0.15, 0.2) is 5.78 Å². The molecule has 29 heavy (non-hydrogen) atoms. The van der Waals surface area contributed by atoms with E-state index in [1.807, 2.05) is 0 Å². The monoisotopic (exact) mass is 415 g/mol. The highest BCUT2D eigenvalue weighted by atomic mass is 32.2. The van der Waals surface area contributed by atoms with Gasteiger partial charge in [0.1, 0.15) is 0 Å². The van der Waals surface area contributed by atoms with Crippen LogP contribution in [-0.4, -0.2) is 44.0 Å². The van der Waals surface area contributed by atoms with Gasteiger partial charge in [0, 0.05) is 30.0 Å². The fraction of sp³-hybridized carbons (Fsp3) is 0.333. The number of rotatable bonds is 7. The molecule has 2 aromatic rings. The fourth-order valence-corrected chi connectivity index (χ4v) is 4.76. The third kappa shape index (κ3) is 5.42. The number of amides is 1. The van der Waals surface area contributed by atoms with E-state index in [9.17, 15) is 18.0 Å². The van der Waals surface area contributed by atoms with Gasteiger partial charge >= 0.3 is 0 Å². The number of sulfonamides is 1. The van der Waals surface area contributed by atoms with Crippen molar-refractivity contribution >= 4 is 33.1 Å². The first-order chi connectivity index (χ1) is 13.9. The molecular weight excluding hydrogens is 390 g/mol. The van der Waals surface area contributed by atoms with Gasteiger partial charge in [-0.1, -0.05) is 12.5 Å². The fourth-order valence-electron chi connectivity index (χ4n) is 3.20. The molecule has 0 atom stereocenters. The lowest BCUT2D eigenvalue weighted by atomic mass is 10.1. The summed E-state index contributed by atoms with van der Waals surface area (Å²) in [5.74, 6) is -0.318. The second-order valence-electron chi connectivity index (χ2n) is 7.03. The molecule has 0 saturated carbocycles. The van der Waals surface area contributed by atoms with Crippen molar-refractivity contribution in [2.45, 2.75) is 31.1 Å². The summed E-state index contributed by atoms with van der Waals surface area (Å²) in [6.07, 6.45) is 2.79. The molecule has 0 aromatic heterocycles.